The second-order valence-corrected chi connectivity index (χ2v) is 6.73. The van der Waals surface area contributed by atoms with E-state index < -0.39 is 5.82 Å². The van der Waals surface area contributed by atoms with Crippen molar-refractivity contribution >= 4 is 11.7 Å². The van der Waals surface area contributed by atoms with E-state index in [2.05, 4.69) is 0 Å². The van der Waals surface area contributed by atoms with Crippen molar-refractivity contribution < 1.29 is 23.5 Å². The van der Waals surface area contributed by atoms with Crippen LogP contribution in [0.5, 0.6) is 11.5 Å². The lowest BCUT2D eigenvalue weighted by molar-refractivity contribution is 0.0780. The van der Waals surface area contributed by atoms with Crippen molar-refractivity contribution in [1.82, 2.24) is 4.90 Å². The summed E-state index contributed by atoms with van der Waals surface area (Å²) in [6, 6.07) is 17.4. The molecule has 6 heteroatoms. The Hall–Kier alpha value is -3.67. The largest absolute Gasteiger partial charge is 0.454 e. The summed E-state index contributed by atoms with van der Waals surface area (Å²) in [4.78, 5) is 27.5. The summed E-state index contributed by atoms with van der Waals surface area (Å²) in [5.41, 5.74) is 1.78. The van der Waals surface area contributed by atoms with Gasteiger partial charge in [0.05, 0.1) is 5.56 Å². The van der Waals surface area contributed by atoms with Crippen LogP contribution in [0.1, 0.15) is 31.8 Å². The summed E-state index contributed by atoms with van der Waals surface area (Å²) in [6.07, 6.45) is 0. The average Bonchev–Trinajstić information content (AvgIpc) is 3.21. The van der Waals surface area contributed by atoms with Crippen molar-refractivity contribution in [3.05, 3.63) is 94.8 Å². The predicted molar refractivity (Wildman–Crippen MR) is 105 cm³/mol. The van der Waals surface area contributed by atoms with Crippen molar-refractivity contribution in [3.8, 4) is 11.5 Å². The maximum atomic E-state index is 13.2. The van der Waals surface area contributed by atoms with Gasteiger partial charge in [0.1, 0.15) is 5.82 Å². The molecule has 0 saturated carbocycles. The summed E-state index contributed by atoms with van der Waals surface area (Å²) in [5.74, 6) is 0.293. The third kappa shape index (κ3) is 3.82. The smallest absolute Gasteiger partial charge is 0.254 e. The van der Waals surface area contributed by atoms with E-state index in [0.717, 1.165) is 5.56 Å². The highest BCUT2D eigenvalue weighted by Gasteiger charge is 2.21. The number of ether oxygens (including phenoxy) is 2. The molecular formula is C23H18FNO4. The second-order valence-electron chi connectivity index (χ2n) is 6.73. The van der Waals surface area contributed by atoms with Gasteiger partial charge >= 0.3 is 0 Å². The van der Waals surface area contributed by atoms with E-state index >= 15 is 0 Å². The molecule has 0 unspecified atom stereocenters. The predicted octanol–water partition coefficient (Wildman–Crippen LogP) is 4.06. The average molecular weight is 391 g/mol. The lowest BCUT2D eigenvalue weighted by Crippen LogP contribution is -2.28. The Balaban J connectivity index is 1.57. The van der Waals surface area contributed by atoms with Gasteiger partial charge in [0.15, 0.2) is 17.3 Å². The third-order valence-corrected chi connectivity index (χ3v) is 4.71. The minimum absolute atomic E-state index is 0.187. The van der Waals surface area contributed by atoms with E-state index in [1.807, 2.05) is 18.2 Å². The van der Waals surface area contributed by atoms with E-state index in [4.69, 9.17) is 9.47 Å². The van der Waals surface area contributed by atoms with Crippen LogP contribution in [-0.2, 0) is 6.54 Å². The maximum absolute atomic E-state index is 13.2. The first-order chi connectivity index (χ1) is 14.0. The number of rotatable bonds is 5. The van der Waals surface area contributed by atoms with Crippen molar-refractivity contribution in [2.75, 3.05) is 13.8 Å². The van der Waals surface area contributed by atoms with Crippen LogP contribution in [0.25, 0.3) is 0 Å². The first-order valence-corrected chi connectivity index (χ1v) is 9.06. The number of nitrogens with zero attached hydrogens (tertiary/aromatic N) is 1. The van der Waals surface area contributed by atoms with Crippen molar-refractivity contribution in [1.29, 1.82) is 0 Å². The van der Waals surface area contributed by atoms with E-state index in [0.29, 0.717) is 29.2 Å². The van der Waals surface area contributed by atoms with E-state index in [1.54, 1.807) is 31.3 Å². The lowest BCUT2D eigenvalue weighted by Gasteiger charge is -2.19. The molecule has 0 saturated heterocycles. The van der Waals surface area contributed by atoms with Crippen LogP contribution in [0.3, 0.4) is 0 Å². The van der Waals surface area contributed by atoms with Crippen LogP contribution in [-0.4, -0.2) is 30.4 Å². The maximum Gasteiger partial charge on any atom is 0.254 e. The summed E-state index contributed by atoms with van der Waals surface area (Å²) in [7, 11) is 1.67. The quantitative estimate of drug-likeness (QED) is 0.616. The van der Waals surface area contributed by atoms with Crippen LogP contribution in [0.4, 0.5) is 4.39 Å². The standard InChI is InChI=1S/C23H18FNO4/c1-25(13-15-6-11-20-21(12-15)29-14-28-20)23(27)19-5-3-2-4-18(19)22(26)16-7-9-17(24)10-8-16/h2-12H,13-14H2,1H3. The van der Waals surface area contributed by atoms with Crippen molar-refractivity contribution in [2.24, 2.45) is 0 Å². The van der Waals surface area contributed by atoms with Crippen LogP contribution in [0.15, 0.2) is 66.7 Å². The molecule has 3 aromatic rings. The van der Waals surface area contributed by atoms with Crippen molar-refractivity contribution in [3.63, 3.8) is 0 Å². The highest BCUT2D eigenvalue weighted by Crippen LogP contribution is 2.32. The summed E-state index contributed by atoms with van der Waals surface area (Å²) >= 11 is 0. The topological polar surface area (TPSA) is 55.8 Å². The third-order valence-electron chi connectivity index (χ3n) is 4.71. The van der Waals surface area contributed by atoms with Gasteiger partial charge in [0.2, 0.25) is 6.79 Å². The molecule has 1 aliphatic rings. The van der Waals surface area contributed by atoms with E-state index in [-0.39, 0.29) is 24.0 Å². The Kier molecular flexibility index (Phi) is 4.99. The van der Waals surface area contributed by atoms with Gasteiger partial charge in [-0.15, -0.1) is 0 Å². The number of ketones is 1. The van der Waals surface area contributed by atoms with Crippen LogP contribution in [0.2, 0.25) is 0 Å². The number of amides is 1. The minimum atomic E-state index is -0.422. The van der Waals surface area contributed by atoms with Gasteiger partial charge in [0.25, 0.3) is 5.91 Å². The van der Waals surface area contributed by atoms with Crippen LogP contribution < -0.4 is 9.47 Å². The Morgan fingerprint density at radius 3 is 2.38 bits per heavy atom. The lowest BCUT2D eigenvalue weighted by atomic mass is 9.97. The molecule has 29 heavy (non-hydrogen) atoms. The van der Waals surface area contributed by atoms with Crippen LogP contribution in [0, 0.1) is 5.82 Å². The molecule has 4 rings (SSSR count). The number of hydrogen-bond donors (Lipinski definition) is 0. The molecule has 1 aliphatic heterocycles. The molecular weight excluding hydrogens is 373 g/mol. The van der Waals surface area contributed by atoms with Crippen molar-refractivity contribution in [2.45, 2.75) is 6.54 Å². The van der Waals surface area contributed by atoms with Gasteiger partial charge in [-0.3, -0.25) is 9.59 Å². The minimum Gasteiger partial charge on any atom is -0.454 e. The second kappa shape index (κ2) is 7.75. The highest BCUT2D eigenvalue weighted by molar-refractivity contribution is 6.15. The molecule has 0 atom stereocenters. The van der Waals surface area contributed by atoms with Crippen LogP contribution >= 0.6 is 0 Å². The summed E-state index contributed by atoms with van der Waals surface area (Å²) in [5, 5.41) is 0. The molecule has 0 bridgehead atoms. The molecule has 1 heterocycles. The molecule has 0 fully saturated rings. The number of carbonyl (C=O) groups is 2. The molecule has 0 aromatic heterocycles. The molecule has 0 aliphatic carbocycles. The van der Waals surface area contributed by atoms with Gasteiger partial charge in [-0.2, -0.15) is 0 Å². The Morgan fingerprint density at radius 1 is 0.931 bits per heavy atom. The molecule has 0 N–H and O–H groups in total. The fourth-order valence-corrected chi connectivity index (χ4v) is 3.21. The number of carbonyl (C=O) groups excluding carboxylic acids is 2. The fourth-order valence-electron chi connectivity index (χ4n) is 3.21. The number of hydrogen-bond acceptors (Lipinski definition) is 4. The zero-order valence-corrected chi connectivity index (χ0v) is 15.7. The fraction of sp³-hybridized carbons (Fsp3) is 0.130. The molecule has 0 radical (unpaired) electrons. The Bertz CT molecular complexity index is 1080. The first-order valence-electron chi connectivity index (χ1n) is 9.06. The van der Waals surface area contributed by atoms with Gasteiger partial charge in [-0.1, -0.05) is 24.3 Å². The van der Waals surface area contributed by atoms with Gasteiger partial charge < -0.3 is 14.4 Å². The van der Waals surface area contributed by atoms with Gasteiger partial charge in [-0.25, -0.2) is 4.39 Å². The molecule has 5 nitrogen and oxygen atoms in total. The number of fused-ring (bicyclic) bond motifs is 1. The van der Waals surface area contributed by atoms with E-state index in [1.165, 1.54) is 29.2 Å². The molecule has 3 aromatic carbocycles. The zero-order chi connectivity index (χ0) is 20.4. The number of halogens is 1. The summed E-state index contributed by atoms with van der Waals surface area (Å²) in [6.45, 7) is 0.529. The normalized spacial score (nSPS) is 11.9. The number of benzene rings is 3. The first kappa shape index (κ1) is 18.7. The summed E-state index contributed by atoms with van der Waals surface area (Å²) < 4.78 is 23.8. The molecule has 0 spiro atoms. The zero-order valence-electron chi connectivity index (χ0n) is 15.7. The molecule has 146 valence electrons. The Morgan fingerprint density at radius 2 is 1.62 bits per heavy atom. The SMILES string of the molecule is CN(Cc1ccc2c(c1)OCO2)C(=O)c1ccccc1C(=O)c1ccc(F)cc1. The van der Waals surface area contributed by atoms with Gasteiger partial charge in [0, 0.05) is 24.7 Å². The Labute approximate surface area is 167 Å². The molecule has 1 amide bonds. The monoisotopic (exact) mass is 391 g/mol. The van der Waals surface area contributed by atoms with Gasteiger partial charge in [-0.05, 0) is 48.0 Å². The van der Waals surface area contributed by atoms with E-state index in [9.17, 15) is 14.0 Å². The highest BCUT2D eigenvalue weighted by atomic mass is 19.1.